The van der Waals surface area contributed by atoms with Gasteiger partial charge in [0.1, 0.15) is 11.5 Å². The summed E-state index contributed by atoms with van der Waals surface area (Å²) >= 11 is 2.88. The average molecular weight is 339 g/mol. The van der Waals surface area contributed by atoms with E-state index in [2.05, 4.69) is 11.9 Å². The normalized spacial score (nSPS) is 16.7. The molecule has 3 N–H and O–H groups in total. The first-order valence-corrected chi connectivity index (χ1v) is 9.31. The summed E-state index contributed by atoms with van der Waals surface area (Å²) in [4.78, 5) is 12.5. The lowest BCUT2D eigenvalue weighted by Crippen LogP contribution is -2.53. The Labute approximate surface area is 138 Å². The van der Waals surface area contributed by atoms with Gasteiger partial charge in [-0.25, -0.2) is 0 Å². The maximum absolute atomic E-state index is 11.7. The molecule has 0 aliphatic carbocycles. The van der Waals surface area contributed by atoms with E-state index in [0.717, 1.165) is 10.5 Å². The predicted molar refractivity (Wildman–Crippen MR) is 92.5 cm³/mol. The van der Waals surface area contributed by atoms with Crippen LogP contribution in [0.1, 0.15) is 11.1 Å². The highest BCUT2D eigenvalue weighted by molar-refractivity contribution is 7.99. The number of benzene rings is 1. The zero-order chi connectivity index (χ0) is 16.3. The molecule has 0 spiro atoms. The number of thioether (sulfide) groups is 2. The van der Waals surface area contributed by atoms with Gasteiger partial charge in [-0.05, 0) is 30.6 Å². The van der Waals surface area contributed by atoms with Crippen molar-refractivity contribution in [2.45, 2.75) is 17.3 Å². The second-order valence-electron chi connectivity index (χ2n) is 4.90. The van der Waals surface area contributed by atoms with Gasteiger partial charge in [-0.15, -0.1) is 11.8 Å². The number of aliphatic hydroxyl groups is 1. The van der Waals surface area contributed by atoms with E-state index in [1.165, 1.54) is 23.5 Å². The number of carbonyl (C=O) groups is 1. The van der Waals surface area contributed by atoms with Gasteiger partial charge >= 0.3 is 7.12 Å². The van der Waals surface area contributed by atoms with Crippen molar-refractivity contribution in [3.63, 3.8) is 0 Å². The van der Waals surface area contributed by atoms with E-state index in [1.54, 1.807) is 0 Å². The highest BCUT2D eigenvalue weighted by atomic mass is 32.2. The van der Waals surface area contributed by atoms with Gasteiger partial charge in [-0.3, -0.25) is 4.79 Å². The summed E-state index contributed by atoms with van der Waals surface area (Å²) < 4.78 is 5.56. The monoisotopic (exact) mass is 339 g/mol. The molecule has 1 aliphatic heterocycles. The quantitative estimate of drug-likeness (QED) is 0.431. The second-order valence-corrected chi connectivity index (χ2v) is 6.61. The SMILES string of the molecule is C=C(O)c1c(SC)ccc2c1OB(O)[C@@H](NC(=O)CSC)C2. The van der Waals surface area contributed by atoms with Crippen LogP contribution < -0.4 is 9.97 Å². The zero-order valence-electron chi connectivity index (χ0n) is 12.5. The first kappa shape index (κ1) is 17.1. The molecule has 8 heteroatoms. The van der Waals surface area contributed by atoms with Crippen LogP contribution in [0.5, 0.6) is 5.75 Å². The maximum atomic E-state index is 11.7. The zero-order valence-corrected chi connectivity index (χ0v) is 14.1. The second kappa shape index (κ2) is 7.35. The Balaban J connectivity index is 2.29. The third kappa shape index (κ3) is 3.56. The largest absolute Gasteiger partial charge is 0.547 e. The van der Waals surface area contributed by atoms with Crippen LogP contribution in [0.4, 0.5) is 0 Å². The molecule has 22 heavy (non-hydrogen) atoms. The molecule has 0 saturated heterocycles. The summed E-state index contributed by atoms with van der Waals surface area (Å²) in [7, 11) is -1.16. The molecular weight excluding hydrogens is 321 g/mol. The van der Waals surface area contributed by atoms with Crippen molar-refractivity contribution in [2.24, 2.45) is 0 Å². The summed E-state index contributed by atoms with van der Waals surface area (Å²) in [6.45, 7) is 3.57. The number of carbonyl (C=O) groups excluding carboxylic acids is 1. The highest BCUT2D eigenvalue weighted by Crippen LogP contribution is 2.38. The minimum atomic E-state index is -1.16. The molecule has 0 aromatic heterocycles. The Morgan fingerprint density at radius 1 is 1.55 bits per heavy atom. The summed E-state index contributed by atoms with van der Waals surface area (Å²) in [6, 6.07) is 3.76. The molecule has 0 unspecified atom stereocenters. The van der Waals surface area contributed by atoms with Gasteiger partial charge in [0.15, 0.2) is 0 Å². The van der Waals surface area contributed by atoms with Crippen LogP contribution in [0.2, 0.25) is 0 Å². The fourth-order valence-electron chi connectivity index (χ4n) is 2.39. The number of hydrogen-bond donors (Lipinski definition) is 3. The third-order valence-electron chi connectivity index (χ3n) is 3.35. The Bertz CT molecular complexity index is 596. The van der Waals surface area contributed by atoms with E-state index in [4.69, 9.17) is 4.65 Å². The average Bonchev–Trinajstić information content (AvgIpc) is 2.46. The van der Waals surface area contributed by atoms with Crippen LogP contribution in [-0.4, -0.2) is 47.4 Å². The first-order valence-electron chi connectivity index (χ1n) is 6.69. The van der Waals surface area contributed by atoms with E-state index >= 15 is 0 Å². The molecule has 5 nitrogen and oxygen atoms in total. The predicted octanol–water partition coefficient (Wildman–Crippen LogP) is 1.74. The summed E-state index contributed by atoms with van der Waals surface area (Å²) in [5.74, 6) is 0.0175. The molecule has 1 atom stereocenters. The van der Waals surface area contributed by atoms with Crippen LogP contribution in [0, 0.1) is 0 Å². The first-order chi connectivity index (χ1) is 10.5. The van der Waals surface area contributed by atoms with Crippen LogP contribution in [-0.2, 0) is 11.2 Å². The molecule has 1 amide bonds. The molecule has 1 aromatic carbocycles. The van der Waals surface area contributed by atoms with Crippen LogP contribution in [0.15, 0.2) is 23.6 Å². The Hall–Kier alpha value is -1.25. The number of nitrogens with one attached hydrogen (secondary N) is 1. The van der Waals surface area contributed by atoms with Gasteiger partial charge in [-0.2, -0.15) is 11.8 Å². The standard InChI is InChI=1S/C14H18BNO4S2/c1-8(17)13-10(22-3)5-4-9-6-11(15(19)20-14(9)13)16-12(18)7-21-2/h4-5,11,17,19H,1,6-7H2,2-3H3,(H,16,18)/t11-/m0/s1. The van der Waals surface area contributed by atoms with Crippen LogP contribution in [0.25, 0.3) is 5.76 Å². The number of amides is 1. The molecule has 0 bridgehead atoms. The third-order valence-corrected chi connectivity index (χ3v) is 4.68. The minimum absolute atomic E-state index is 0.0988. The number of hydrogen-bond acceptors (Lipinski definition) is 6. The summed E-state index contributed by atoms with van der Waals surface area (Å²) in [6.07, 6.45) is 4.16. The molecule has 0 radical (unpaired) electrons. The lowest BCUT2D eigenvalue weighted by atomic mass is 9.72. The van der Waals surface area contributed by atoms with Gasteiger partial charge in [0.2, 0.25) is 5.91 Å². The van der Waals surface area contributed by atoms with Crippen molar-refractivity contribution in [3.8, 4) is 5.75 Å². The number of fused-ring (bicyclic) bond motifs is 1. The molecule has 2 rings (SSSR count). The molecular formula is C14H18BNO4S2. The summed E-state index contributed by atoms with van der Waals surface area (Å²) in [5.41, 5.74) is 1.32. The van der Waals surface area contributed by atoms with Crippen LogP contribution >= 0.6 is 23.5 Å². The summed E-state index contributed by atoms with van der Waals surface area (Å²) in [5, 5.41) is 22.7. The van der Waals surface area contributed by atoms with E-state index in [0.29, 0.717) is 23.5 Å². The molecule has 118 valence electrons. The van der Waals surface area contributed by atoms with Crippen molar-refractivity contribution in [3.05, 3.63) is 29.8 Å². The van der Waals surface area contributed by atoms with Crippen molar-refractivity contribution >= 4 is 42.3 Å². The molecule has 0 saturated carbocycles. The van der Waals surface area contributed by atoms with Crippen molar-refractivity contribution in [2.75, 3.05) is 18.3 Å². The van der Waals surface area contributed by atoms with Gasteiger partial charge in [0.25, 0.3) is 0 Å². The van der Waals surface area contributed by atoms with Gasteiger partial charge in [-0.1, -0.05) is 12.6 Å². The fourth-order valence-corrected chi connectivity index (χ4v) is 3.35. The highest BCUT2D eigenvalue weighted by Gasteiger charge is 2.37. The number of aliphatic hydroxyl groups excluding tert-OH is 1. The minimum Gasteiger partial charge on any atom is -0.534 e. The maximum Gasteiger partial charge on any atom is 0.547 e. The van der Waals surface area contributed by atoms with E-state index in [1.807, 2.05) is 24.6 Å². The molecule has 1 aliphatic rings. The lowest BCUT2D eigenvalue weighted by molar-refractivity contribution is -0.118. The fraction of sp³-hybridized carbons (Fsp3) is 0.357. The molecule has 1 heterocycles. The number of rotatable bonds is 5. The lowest BCUT2D eigenvalue weighted by Gasteiger charge is -2.30. The van der Waals surface area contributed by atoms with Gasteiger partial charge in [0.05, 0.1) is 17.3 Å². The topological polar surface area (TPSA) is 78.8 Å². The van der Waals surface area contributed by atoms with Crippen LogP contribution in [0.3, 0.4) is 0 Å². The van der Waals surface area contributed by atoms with E-state index in [-0.39, 0.29) is 11.7 Å². The molecule has 1 aromatic rings. The van der Waals surface area contributed by atoms with Gasteiger partial charge < -0.3 is 20.1 Å². The van der Waals surface area contributed by atoms with E-state index in [9.17, 15) is 14.9 Å². The Kier molecular flexibility index (Phi) is 5.71. The smallest absolute Gasteiger partial charge is 0.534 e. The van der Waals surface area contributed by atoms with Crippen molar-refractivity contribution in [1.29, 1.82) is 0 Å². The molecule has 0 fully saturated rings. The van der Waals surface area contributed by atoms with Crippen molar-refractivity contribution in [1.82, 2.24) is 5.32 Å². The Morgan fingerprint density at radius 3 is 2.86 bits per heavy atom. The Morgan fingerprint density at radius 2 is 2.27 bits per heavy atom. The van der Waals surface area contributed by atoms with Gasteiger partial charge in [0, 0.05) is 4.90 Å². The van der Waals surface area contributed by atoms with Crippen molar-refractivity contribution < 1.29 is 19.6 Å². The van der Waals surface area contributed by atoms with E-state index < -0.39 is 13.1 Å².